The Morgan fingerprint density at radius 1 is 1.32 bits per heavy atom. The number of amides is 2. The van der Waals surface area contributed by atoms with Gasteiger partial charge in [-0.25, -0.2) is 4.79 Å². The SMILES string of the molecule is CCCCOC(=O)c1ccc2c(c1N)C(=O)NC2=O. The van der Waals surface area contributed by atoms with Gasteiger partial charge in [-0.15, -0.1) is 0 Å². The number of esters is 1. The van der Waals surface area contributed by atoms with Gasteiger partial charge in [0.15, 0.2) is 0 Å². The van der Waals surface area contributed by atoms with Gasteiger partial charge in [0.1, 0.15) is 0 Å². The number of nitrogens with one attached hydrogen (secondary N) is 1. The molecule has 1 aromatic rings. The Kier molecular flexibility index (Phi) is 3.50. The summed E-state index contributed by atoms with van der Waals surface area (Å²) in [5.74, 6) is -1.67. The van der Waals surface area contributed by atoms with E-state index in [1.165, 1.54) is 12.1 Å². The molecule has 0 saturated carbocycles. The van der Waals surface area contributed by atoms with E-state index >= 15 is 0 Å². The molecule has 0 spiro atoms. The van der Waals surface area contributed by atoms with Crippen molar-refractivity contribution >= 4 is 23.5 Å². The summed E-state index contributed by atoms with van der Waals surface area (Å²) >= 11 is 0. The summed E-state index contributed by atoms with van der Waals surface area (Å²) in [6.07, 6.45) is 1.67. The third kappa shape index (κ3) is 2.29. The Morgan fingerprint density at radius 2 is 2.05 bits per heavy atom. The molecule has 1 aliphatic rings. The second kappa shape index (κ2) is 5.09. The van der Waals surface area contributed by atoms with Crippen LogP contribution >= 0.6 is 0 Å². The molecule has 6 nitrogen and oxygen atoms in total. The van der Waals surface area contributed by atoms with Crippen molar-refractivity contribution in [3.05, 3.63) is 28.8 Å². The van der Waals surface area contributed by atoms with Crippen LogP contribution in [-0.4, -0.2) is 24.4 Å². The number of hydrogen-bond acceptors (Lipinski definition) is 5. The number of anilines is 1. The molecule has 1 aromatic carbocycles. The van der Waals surface area contributed by atoms with Crippen LogP contribution in [0.3, 0.4) is 0 Å². The molecule has 3 N–H and O–H groups in total. The Bertz CT molecular complexity index is 566. The number of carbonyl (C=O) groups is 3. The minimum Gasteiger partial charge on any atom is -0.462 e. The van der Waals surface area contributed by atoms with Gasteiger partial charge in [-0.2, -0.15) is 0 Å². The summed E-state index contributed by atoms with van der Waals surface area (Å²) in [4.78, 5) is 34.8. The standard InChI is InChI=1S/C13H14N2O4/c1-2-3-6-19-13(18)8-5-4-7-9(10(8)14)12(17)15-11(7)16/h4-5H,2-3,6,14H2,1H3,(H,15,16,17). The van der Waals surface area contributed by atoms with Crippen LogP contribution in [0.25, 0.3) is 0 Å². The molecule has 6 heteroatoms. The fraction of sp³-hybridized carbons (Fsp3) is 0.308. The predicted molar refractivity (Wildman–Crippen MR) is 67.8 cm³/mol. The number of unbranched alkanes of at least 4 members (excludes halogenated alkanes) is 1. The van der Waals surface area contributed by atoms with Crippen LogP contribution in [0.2, 0.25) is 0 Å². The minimum absolute atomic E-state index is 0.0117. The molecule has 19 heavy (non-hydrogen) atoms. The summed E-state index contributed by atoms with van der Waals surface area (Å²) < 4.78 is 5.04. The van der Waals surface area contributed by atoms with Crippen LogP contribution in [0, 0.1) is 0 Å². The van der Waals surface area contributed by atoms with E-state index in [0.29, 0.717) is 6.61 Å². The summed E-state index contributed by atoms with van der Waals surface area (Å²) in [6, 6.07) is 2.81. The van der Waals surface area contributed by atoms with E-state index in [4.69, 9.17) is 10.5 Å². The number of hydrogen-bond donors (Lipinski definition) is 2. The predicted octanol–water partition coefficient (Wildman–Crippen LogP) is 1.11. The zero-order valence-electron chi connectivity index (χ0n) is 10.5. The largest absolute Gasteiger partial charge is 0.462 e. The highest BCUT2D eigenvalue weighted by Crippen LogP contribution is 2.26. The van der Waals surface area contributed by atoms with Crippen LogP contribution in [0.4, 0.5) is 5.69 Å². The van der Waals surface area contributed by atoms with Crippen molar-refractivity contribution in [2.24, 2.45) is 0 Å². The van der Waals surface area contributed by atoms with Gasteiger partial charge in [-0.05, 0) is 18.6 Å². The van der Waals surface area contributed by atoms with E-state index in [2.05, 4.69) is 5.32 Å². The first kappa shape index (κ1) is 13.1. The maximum absolute atomic E-state index is 11.8. The number of nitrogens with two attached hydrogens (primary N) is 1. The van der Waals surface area contributed by atoms with Gasteiger partial charge in [0, 0.05) is 0 Å². The first-order chi connectivity index (χ1) is 9.06. The van der Waals surface area contributed by atoms with Crippen molar-refractivity contribution in [1.82, 2.24) is 5.32 Å². The summed E-state index contributed by atoms with van der Waals surface area (Å²) in [5, 5.41) is 2.13. The topological polar surface area (TPSA) is 98.5 Å². The zero-order valence-corrected chi connectivity index (χ0v) is 10.5. The maximum Gasteiger partial charge on any atom is 0.340 e. The number of benzene rings is 1. The van der Waals surface area contributed by atoms with Gasteiger partial charge >= 0.3 is 5.97 Å². The van der Waals surface area contributed by atoms with Crippen LogP contribution in [-0.2, 0) is 4.74 Å². The van der Waals surface area contributed by atoms with Crippen molar-refractivity contribution < 1.29 is 19.1 Å². The van der Waals surface area contributed by atoms with Crippen molar-refractivity contribution in [3.8, 4) is 0 Å². The number of carbonyl (C=O) groups excluding carboxylic acids is 3. The lowest BCUT2D eigenvalue weighted by Gasteiger charge is -2.08. The molecule has 2 rings (SSSR count). The Labute approximate surface area is 109 Å². The third-order valence-corrected chi connectivity index (χ3v) is 2.90. The van der Waals surface area contributed by atoms with Crippen molar-refractivity contribution in [3.63, 3.8) is 0 Å². The quantitative estimate of drug-likeness (QED) is 0.366. The highest BCUT2D eigenvalue weighted by atomic mass is 16.5. The van der Waals surface area contributed by atoms with Crippen molar-refractivity contribution in [2.45, 2.75) is 19.8 Å². The fourth-order valence-electron chi connectivity index (χ4n) is 1.85. The Balaban J connectivity index is 2.29. The number of fused-ring (bicyclic) bond motifs is 1. The zero-order chi connectivity index (χ0) is 14.0. The van der Waals surface area contributed by atoms with Gasteiger partial charge in [0.25, 0.3) is 11.8 Å². The first-order valence-electron chi connectivity index (χ1n) is 6.01. The van der Waals surface area contributed by atoms with Crippen molar-refractivity contribution in [2.75, 3.05) is 12.3 Å². The molecule has 0 fully saturated rings. The third-order valence-electron chi connectivity index (χ3n) is 2.90. The average Bonchev–Trinajstić information content (AvgIpc) is 2.66. The minimum atomic E-state index is -0.583. The average molecular weight is 262 g/mol. The van der Waals surface area contributed by atoms with E-state index < -0.39 is 17.8 Å². The van der Waals surface area contributed by atoms with Crippen LogP contribution in [0.15, 0.2) is 12.1 Å². The number of rotatable bonds is 4. The highest BCUT2D eigenvalue weighted by Gasteiger charge is 2.31. The molecule has 0 radical (unpaired) electrons. The summed E-state index contributed by atoms with van der Waals surface area (Å²) in [5.41, 5.74) is 6.12. The molecule has 0 unspecified atom stereocenters. The molecular formula is C13H14N2O4. The van der Waals surface area contributed by atoms with Crippen LogP contribution in [0.5, 0.6) is 0 Å². The van der Waals surface area contributed by atoms with Gasteiger partial charge < -0.3 is 10.5 Å². The molecule has 0 atom stereocenters. The maximum atomic E-state index is 11.8. The second-order valence-electron chi connectivity index (χ2n) is 4.22. The van der Waals surface area contributed by atoms with Gasteiger partial charge in [0.2, 0.25) is 0 Å². The molecule has 0 saturated heterocycles. The summed E-state index contributed by atoms with van der Waals surface area (Å²) in [7, 11) is 0. The van der Waals surface area contributed by atoms with E-state index in [0.717, 1.165) is 12.8 Å². The molecule has 0 aliphatic carbocycles. The van der Waals surface area contributed by atoms with E-state index in [9.17, 15) is 14.4 Å². The fourth-order valence-corrected chi connectivity index (χ4v) is 1.85. The molecule has 0 aromatic heterocycles. The molecule has 1 aliphatic heterocycles. The number of imide groups is 1. The van der Waals surface area contributed by atoms with Crippen LogP contribution in [0.1, 0.15) is 50.8 Å². The summed E-state index contributed by atoms with van der Waals surface area (Å²) in [6.45, 7) is 2.28. The van der Waals surface area contributed by atoms with E-state index in [1.807, 2.05) is 6.92 Å². The lowest BCUT2D eigenvalue weighted by atomic mass is 10.0. The highest BCUT2D eigenvalue weighted by molar-refractivity contribution is 6.25. The molecular weight excluding hydrogens is 248 g/mol. The Hall–Kier alpha value is -2.37. The molecule has 1 heterocycles. The van der Waals surface area contributed by atoms with E-state index in [-0.39, 0.29) is 22.4 Å². The molecule has 0 bridgehead atoms. The van der Waals surface area contributed by atoms with Gasteiger partial charge in [0.05, 0.1) is 29.0 Å². The Morgan fingerprint density at radius 3 is 2.74 bits per heavy atom. The van der Waals surface area contributed by atoms with Crippen molar-refractivity contribution in [1.29, 1.82) is 0 Å². The van der Waals surface area contributed by atoms with Gasteiger partial charge in [-0.1, -0.05) is 13.3 Å². The number of nitrogen functional groups attached to an aromatic ring is 1. The first-order valence-corrected chi connectivity index (χ1v) is 6.01. The normalized spacial score (nSPS) is 13.1. The lowest BCUT2D eigenvalue weighted by Crippen LogP contribution is -2.20. The monoisotopic (exact) mass is 262 g/mol. The van der Waals surface area contributed by atoms with E-state index in [1.54, 1.807) is 0 Å². The molecule has 2 amide bonds. The molecule has 100 valence electrons. The smallest absolute Gasteiger partial charge is 0.340 e. The van der Waals surface area contributed by atoms with Gasteiger partial charge in [-0.3, -0.25) is 14.9 Å². The second-order valence-corrected chi connectivity index (χ2v) is 4.22. The number of ether oxygens (including phenoxy) is 1. The van der Waals surface area contributed by atoms with Crippen LogP contribution < -0.4 is 11.1 Å². The lowest BCUT2D eigenvalue weighted by molar-refractivity contribution is 0.0500.